The van der Waals surface area contributed by atoms with Crippen molar-refractivity contribution in [3.63, 3.8) is 0 Å². The number of fused-ring (bicyclic) bond motifs is 1. The van der Waals surface area contributed by atoms with Crippen molar-refractivity contribution in [2.24, 2.45) is 14.1 Å². The van der Waals surface area contributed by atoms with Crippen LogP contribution >= 0.6 is 0 Å². The van der Waals surface area contributed by atoms with Crippen LogP contribution in [0.4, 0.5) is 11.4 Å². The third kappa shape index (κ3) is 8.65. The summed E-state index contributed by atoms with van der Waals surface area (Å²) in [5.74, 6) is -0.833. The van der Waals surface area contributed by atoms with Crippen LogP contribution in [0.5, 0.6) is 0 Å². The van der Waals surface area contributed by atoms with Crippen molar-refractivity contribution in [1.82, 2.24) is 19.4 Å². The van der Waals surface area contributed by atoms with Crippen LogP contribution in [0.1, 0.15) is 62.2 Å². The van der Waals surface area contributed by atoms with E-state index in [0.717, 1.165) is 52.4 Å². The number of quaternary nitrogens is 1. The average molecular weight is 647 g/mol. The zero-order valence-electron chi connectivity index (χ0n) is 28.3. The van der Waals surface area contributed by atoms with Gasteiger partial charge in [0.05, 0.1) is 50.6 Å². The molecule has 0 bridgehead atoms. The molecule has 3 N–H and O–H groups in total. The Labute approximate surface area is 281 Å². The smallest absolute Gasteiger partial charge is 0.272 e. The normalized spacial score (nSPS) is 11.6. The molecular weight excluding hydrogens is 602 g/mol. The molecule has 5 aromatic rings. The molecule has 0 aliphatic carbocycles. The molecule has 10 nitrogen and oxygen atoms in total. The molecule has 3 aromatic heterocycles. The number of carbonyl (C=O) groups is 3. The Hall–Kier alpha value is -5.48. The van der Waals surface area contributed by atoms with E-state index in [0.29, 0.717) is 34.9 Å². The number of hydrogen-bond acceptors (Lipinski definition) is 4. The molecular formula is C38H44N7O3+. The highest BCUT2D eigenvalue weighted by atomic mass is 16.2. The number of benzene rings is 2. The molecule has 48 heavy (non-hydrogen) atoms. The summed E-state index contributed by atoms with van der Waals surface area (Å²) in [4.78, 5) is 43.5. The van der Waals surface area contributed by atoms with Gasteiger partial charge in [0, 0.05) is 43.6 Å². The van der Waals surface area contributed by atoms with Gasteiger partial charge in [-0.1, -0.05) is 55.8 Å². The Morgan fingerprint density at radius 2 is 1.40 bits per heavy atom. The number of carbonyl (C=O) groups excluding carboxylic acids is 3. The molecule has 2 aromatic carbocycles. The molecule has 0 aliphatic heterocycles. The lowest BCUT2D eigenvalue weighted by Crippen LogP contribution is -2.46. The van der Waals surface area contributed by atoms with Gasteiger partial charge in [-0.2, -0.15) is 0 Å². The molecule has 0 unspecified atom stereocenters. The van der Waals surface area contributed by atoms with Gasteiger partial charge in [0.15, 0.2) is 0 Å². The average Bonchev–Trinajstić information content (AvgIpc) is 3.63. The summed E-state index contributed by atoms with van der Waals surface area (Å²) in [6, 6.07) is 20.6. The number of likely N-dealkylation sites (N-methyl/N-ethyl adjacent to an activating group) is 1. The van der Waals surface area contributed by atoms with Crippen LogP contribution in [-0.4, -0.2) is 70.1 Å². The Morgan fingerprint density at radius 1 is 0.771 bits per heavy atom. The third-order valence-electron chi connectivity index (χ3n) is 8.36. The van der Waals surface area contributed by atoms with E-state index < -0.39 is 0 Å². The fourth-order valence-corrected chi connectivity index (χ4v) is 5.49. The predicted octanol–water partition coefficient (Wildman–Crippen LogP) is 6.19. The Morgan fingerprint density at radius 3 is 2.08 bits per heavy atom. The van der Waals surface area contributed by atoms with Crippen molar-refractivity contribution < 1.29 is 18.9 Å². The number of nitrogens with one attached hydrogen (secondary N) is 3. The maximum absolute atomic E-state index is 13.2. The second-order valence-corrected chi connectivity index (χ2v) is 12.8. The summed E-state index contributed by atoms with van der Waals surface area (Å²) in [6.45, 7) is 4.63. The second-order valence-electron chi connectivity index (χ2n) is 12.8. The first kappa shape index (κ1) is 33.9. The number of unbranched alkanes of at least 4 members (excludes halogenated alkanes) is 1. The van der Waals surface area contributed by atoms with E-state index in [1.54, 1.807) is 59.9 Å². The van der Waals surface area contributed by atoms with Crippen molar-refractivity contribution in [3.8, 4) is 0 Å². The van der Waals surface area contributed by atoms with E-state index in [1.807, 2.05) is 54.7 Å². The fourth-order valence-electron chi connectivity index (χ4n) is 5.49. The minimum atomic E-state index is -0.358. The fraction of sp³-hybridized carbons (Fsp3) is 0.263. The summed E-state index contributed by atoms with van der Waals surface area (Å²) in [6.07, 6.45) is 11.5. The highest BCUT2D eigenvalue weighted by Gasteiger charge is 2.19. The summed E-state index contributed by atoms with van der Waals surface area (Å²) in [5.41, 5.74) is 5.20. The Balaban J connectivity index is 1.15. The highest BCUT2D eigenvalue weighted by Crippen LogP contribution is 2.19. The molecule has 248 valence electrons. The minimum Gasteiger partial charge on any atom is -0.345 e. The molecule has 3 amide bonds. The number of hydrogen-bond donors (Lipinski definition) is 3. The van der Waals surface area contributed by atoms with E-state index in [9.17, 15) is 14.4 Å². The van der Waals surface area contributed by atoms with Crippen LogP contribution in [0, 0.1) is 0 Å². The van der Waals surface area contributed by atoms with Crippen molar-refractivity contribution in [2.45, 2.75) is 19.8 Å². The maximum atomic E-state index is 13.2. The van der Waals surface area contributed by atoms with E-state index >= 15 is 0 Å². The number of anilines is 2. The topological polar surface area (TPSA) is 110 Å². The molecule has 0 fully saturated rings. The lowest BCUT2D eigenvalue weighted by atomic mass is 10.1. The second kappa shape index (κ2) is 15.0. The standard InChI is InChI=1S/C38H43N7O3/c1-6-7-19-45(4,5)20-18-39-37(47)34-22-32(26-43(34)2)42-38(48)35-23-31(25-44(35)3)41-36(46)29-16-14-27(15-17-29)12-13-28-21-30-10-8-9-11-33(30)40-24-28/h8-17,21-26H,6-7,18-20H2,1-5H3,(H2-,39,41,42,46,47,48)/p+1/b13-12+. The van der Waals surface area contributed by atoms with Gasteiger partial charge in [-0.15, -0.1) is 0 Å². The van der Waals surface area contributed by atoms with Crippen molar-refractivity contribution in [1.29, 1.82) is 0 Å². The quantitative estimate of drug-likeness (QED) is 0.133. The Kier molecular flexibility index (Phi) is 10.6. The first-order valence-electron chi connectivity index (χ1n) is 16.2. The van der Waals surface area contributed by atoms with Gasteiger partial charge in [-0.05, 0) is 53.9 Å². The number of para-hydroxylation sites is 1. The third-order valence-corrected chi connectivity index (χ3v) is 8.36. The zero-order valence-corrected chi connectivity index (χ0v) is 28.3. The molecule has 3 heterocycles. The summed E-state index contributed by atoms with van der Waals surface area (Å²) in [7, 11) is 7.84. The largest absolute Gasteiger partial charge is 0.345 e. The van der Waals surface area contributed by atoms with Gasteiger partial charge >= 0.3 is 0 Å². The first-order valence-corrected chi connectivity index (χ1v) is 16.2. The molecule has 0 spiro atoms. The number of aromatic nitrogens is 3. The van der Waals surface area contributed by atoms with Gasteiger partial charge in [0.1, 0.15) is 11.4 Å². The van der Waals surface area contributed by atoms with Crippen LogP contribution in [0.2, 0.25) is 0 Å². The molecule has 0 saturated carbocycles. The number of amides is 3. The highest BCUT2D eigenvalue weighted by molar-refractivity contribution is 6.07. The van der Waals surface area contributed by atoms with Gasteiger partial charge < -0.3 is 29.6 Å². The molecule has 0 aliphatic rings. The van der Waals surface area contributed by atoms with Gasteiger partial charge in [-0.3, -0.25) is 19.4 Å². The SMILES string of the molecule is CCCC[N+](C)(C)CCNC(=O)c1cc(NC(=O)c2cc(NC(=O)c3ccc(/C=C/c4cnc5ccccc5c4)cc3)cn2C)cn1C. The molecule has 0 atom stereocenters. The summed E-state index contributed by atoms with van der Waals surface area (Å²) >= 11 is 0. The molecule has 5 rings (SSSR count). The van der Waals surface area contributed by atoms with Crippen LogP contribution in [-0.2, 0) is 14.1 Å². The number of nitrogens with zero attached hydrogens (tertiary/aromatic N) is 4. The minimum absolute atomic E-state index is 0.191. The van der Waals surface area contributed by atoms with Crippen molar-refractivity contribution in [2.75, 3.05) is 44.4 Å². The van der Waals surface area contributed by atoms with Gasteiger partial charge in [0.25, 0.3) is 17.7 Å². The Bertz CT molecular complexity index is 1950. The first-order chi connectivity index (χ1) is 23.0. The number of aryl methyl sites for hydroxylation is 2. The van der Waals surface area contributed by atoms with E-state index in [1.165, 1.54) is 0 Å². The van der Waals surface area contributed by atoms with Gasteiger partial charge in [0.2, 0.25) is 0 Å². The van der Waals surface area contributed by atoms with Crippen LogP contribution in [0.25, 0.3) is 23.1 Å². The lowest BCUT2D eigenvalue weighted by molar-refractivity contribution is -0.889. The van der Waals surface area contributed by atoms with Crippen molar-refractivity contribution >= 4 is 52.2 Å². The number of pyridine rings is 1. The molecule has 10 heteroatoms. The summed E-state index contributed by atoms with van der Waals surface area (Å²) < 4.78 is 4.19. The van der Waals surface area contributed by atoms with Crippen LogP contribution in [0.3, 0.4) is 0 Å². The summed E-state index contributed by atoms with van der Waals surface area (Å²) in [5, 5.41) is 9.82. The monoisotopic (exact) mass is 646 g/mol. The molecule has 0 saturated heterocycles. The van der Waals surface area contributed by atoms with E-state index in [4.69, 9.17) is 0 Å². The zero-order chi connectivity index (χ0) is 34.3. The van der Waals surface area contributed by atoms with Crippen LogP contribution in [0.15, 0.2) is 85.3 Å². The predicted molar refractivity (Wildman–Crippen MR) is 193 cm³/mol. The lowest BCUT2D eigenvalue weighted by Gasteiger charge is -2.29. The number of rotatable bonds is 13. The molecule has 0 radical (unpaired) electrons. The van der Waals surface area contributed by atoms with Crippen molar-refractivity contribution in [3.05, 3.63) is 113 Å². The van der Waals surface area contributed by atoms with E-state index in [-0.39, 0.29) is 17.7 Å². The van der Waals surface area contributed by atoms with E-state index in [2.05, 4.69) is 48.0 Å². The van der Waals surface area contributed by atoms with Crippen LogP contribution < -0.4 is 16.0 Å². The van der Waals surface area contributed by atoms with Gasteiger partial charge in [-0.25, -0.2) is 0 Å². The maximum Gasteiger partial charge on any atom is 0.272 e.